The average molecular weight is 242 g/mol. The molecule has 0 saturated heterocycles. The van der Waals surface area contributed by atoms with E-state index in [0.717, 1.165) is 24.0 Å². The molecule has 90 valence electrons. The summed E-state index contributed by atoms with van der Waals surface area (Å²) in [7, 11) is 0. The van der Waals surface area contributed by atoms with E-state index in [4.69, 9.17) is 11.6 Å². The van der Waals surface area contributed by atoms with Gasteiger partial charge in [0.05, 0.1) is 0 Å². The number of aryl methyl sites for hydroxylation is 1. The molecule has 1 rings (SSSR count). The lowest BCUT2D eigenvalue weighted by Crippen LogP contribution is -2.27. The summed E-state index contributed by atoms with van der Waals surface area (Å²) < 4.78 is 0. The molecule has 0 heterocycles. The van der Waals surface area contributed by atoms with E-state index in [1.54, 1.807) is 6.07 Å². The van der Waals surface area contributed by atoms with E-state index < -0.39 is 0 Å². The molecule has 0 amide bonds. The van der Waals surface area contributed by atoms with Crippen molar-refractivity contribution in [1.82, 2.24) is 5.32 Å². The van der Waals surface area contributed by atoms with E-state index in [0.29, 0.717) is 23.4 Å². The van der Waals surface area contributed by atoms with Gasteiger partial charge in [0.25, 0.3) is 0 Å². The molecule has 0 aliphatic heterocycles. The Morgan fingerprint density at radius 1 is 1.31 bits per heavy atom. The van der Waals surface area contributed by atoms with Crippen LogP contribution in [0.5, 0.6) is 5.75 Å². The summed E-state index contributed by atoms with van der Waals surface area (Å²) in [5.74, 6) is 0.350. The monoisotopic (exact) mass is 241 g/mol. The van der Waals surface area contributed by atoms with Crippen molar-refractivity contribution in [2.75, 3.05) is 0 Å². The van der Waals surface area contributed by atoms with Crippen molar-refractivity contribution < 1.29 is 5.11 Å². The first-order chi connectivity index (χ1) is 7.58. The standard InChI is InChI=1S/C13H20ClNO/c1-4-12(5-2)15-8-10-7-11(14)6-9(3)13(10)16/h6-7,12,15-16H,4-5,8H2,1-3H3. The van der Waals surface area contributed by atoms with Crippen LogP contribution in [0.3, 0.4) is 0 Å². The van der Waals surface area contributed by atoms with Crippen molar-refractivity contribution in [3.63, 3.8) is 0 Å². The Kier molecular flexibility index (Phi) is 5.10. The second-order valence-corrected chi connectivity index (χ2v) is 4.56. The molecule has 0 aliphatic rings. The predicted molar refractivity (Wildman–Crippen MR) is 69.1 cm³/mol. The highest BCUT2D eigenvalue weighted by molar-refractivity contribution is 6.30. The molecule has 0 bridgehead atoms. The quantitative estimate of drug-likeness (QED) is 0.825. The Morgan fingerprint density at radius 2 is 1.94 bits per heavy atom. The number of halogens is 1. The molecular formula is C13H20ClNO. The largest absolute Gasteiger partial charge is 0.507 e. The smallest absolute Gasteiger partial charge is 0.123 e. The van der Waals surface area contributed by atoms with Crippen molar-refractivity contribution >= 4 is 11.6 Å². The summed E-state index contributed by atoms with van der Waals surface area (Å²) in [6.07, 6.45) is 2.19. The molecule has 2 nitrogen and oxygen atoms in total. The molecular weight excluding hydrogens is 222 g/mol. The SMILES string of the molecule is CCC(CC)NCc1cc(Cl)cc(C)c1O. The number of rotatable bonds is 5. The third-order valence-electron chi connectivity index (χ3n) is 2.91. The second-order valence-electron chi connectivity index (χ2n) is 4.12. The van der Waals surface area contributed by atoms with Gasteiger partial charge in [-0.25, -0.2) is 0 Å². The van der Waals surface area contributed by atoms with Crippen molar-refractivity contribution in [2.45, 2.75) is 46.2 Å². The Balaban J connectivity index is 2.73. The van der Waals surface area contributed by atoms with Crippen LogP contribution in [0.4, 0.5) is 0 Å². The molecule has 2 N–H and O–H groups in total. The van der Waals surface area contributed by atoms with Crippen molar-refractivity contribution in [3.05, 3.63) is 28.3 Å². The maximum absolute atomic E-state index is 9.88. The Labute approximate surface area is 103 Å². The van der Waals surface area contributed by atoms with E-state index in [9.17, 15) is 5.11 Å². The van der Waals surface area contributed by atoms with Gasteiger partial charge >= 0.3 is 0 Å². The minimum atomic E-state index is 0.350. The van der Waals surface area contributed by atoms with Crippen molar-refractivity contribution in [3.8, 4) is 5.75 Å². The fourth-order valence-corrected chi connectivity index (χ4v) is 2.07. The van der Waals surface area contributed by atoms with E-state index >= 15 is 0 Å². The van der Waals surface area contributed by atoms with E-state index in [2.05, 4.69) is 19.2 Å². The zero-order valence-corrected chi connectivity index (χ0v) is 10.9. The van der Waals surface area contributed by atoms with Crippen LogP contribution in [0.25, 0.3) is 0 Å². The summed E-state index contributed by atoms with van der Waals surface area (Å²) in [5.41, 5.74) is 1.70. The van der Waals surface area contributed by atoms with Crippen LogP contribution in [0.15, 0.2) is 12.1 Å². The molecule has 0 atom stereocenters. The molecule has 0 saturated carbocycles. The first kappa shape index (κ1) is 13.3. The maximum Gasteiger partial charge on any atom is 0.123 e. The van der Waals surface area contributed by atoms with Gasteiger partial charge in [-0.3, -0.25) is 0 Å². The molecule has 0 aliphatic carbocycles. The van der Waals surface area contributed by atoms with Gasteiger partial charge in [0.15, 0.2) is 0 Å². The fraction of sp³-hybridized carbons (Fsp3) is 0.538. The van der Waals surface area contributed by atoms with E-state index in [1.165, 1.54) is 0 Å². The molecule has 0 spiro atoms. The molecule has 3 heteroatoms. The average Bonchev–Trinajstić information content (AvgIpc) is 2.26. The number of nitrogens with one attached hydrogen (secondary N) is 1. The van der Waals surface area contributed by atoms with Crippen molar-refractivity contribution in [2.24, 2.45) is 0 Å². The number of phenols is 1. The topological polar surface area (TPSA) is 32.3 Å². The minimum Gasteiger partial charge on any atom is -0.507 e. The van der Waals surface area contributed by atoms with Crippen LogP contribution in [0.2, 0.25) is 5.02 Å². The van der Waals surface area contributed by atoms with Gasteiger partial charge in [-0.2, -0.15) is 0 Å². The number of hydrogen-bond donors (Lipinski definition) is 2. The maximum atomic E-state index is 9.88. The minimum absolute atomic E-state index is 0.350. The van der Waals surface area contributed by atoms with Gasteiger partial charge in [0, 0.05) is 23.2 Å². The predicted octanol–water partition coefficient (Wildman–Crippen LogP) is 3.63. The van der Waals surface area contributed by atoms with Crippen LogP contribution in [-0.2, 0) is 6.54 Å². The summed E-state index contributed by atoms with van der Waals surface area (Å²) in [5, 5.41) is 14.0. The van der Waals surface area contributed by atoms with Crippen LogP contribution >= 0.6 is 11.6 Å². The highest BCUT2D eigenvalue weighted by Crippen LogP contribution is 2.26. The summed E-state index contributed by atoms with van der Waals surface area (Å²) in [6, 6.07) is 4.09. The molecule has 0 unspecified atom stereocenters. The van der Waals surface area contributed by atoms with Gasteiger partial charge < -0.3 is 10.4 Å². The van der Waals surface area contributed by atoms with Crippen LogP contribution in [0.1, 0.15) is 37.8 Å². The zero-order valence-electron chi connectivity index (χ0n) is 10.2. The van der Waals surface area contributed by atoms with Gasteiger partial charge in [-0.15, -0.1) is 0 Å². The van der Waals surface area contributed by atoms with Gasteiger partial charge in [-0.05, 0) is 37.5 Å². The van der Waals surface area contributed by atoms with E-state index in [1.807, 2.05) is 13.0 Å². The number of hydrogen-bond acceptors (Lipinski definition) is 2. The fourth-order valence-electron chi connectivity index (χ4n) is 1.77. The molecule has 0 radical (unpaired) electrons. The van der Waals surface area contributed by atoms with Gasteiger partial charge in [0.2, 0.25) is 0 Å². The lowest BCUT2D eigenvalue weighted by molar-refractivity contribution is 0.445. The molecule has 16 heavy (non-hydrogen) atoms. The first-order valence-corrected chi connectivity index (χ1v) is 6.17. The first-order valence-electron chi connectivity index (χ1n) is 5.79. The summed E-state index contributed by atoms with van der Waals surface area (Å²) in [4.78, 5) is 0. The summed E-state index contributed by atoms with van der Waals surface area (Å²) in [6.45, 7) is 6.84. The molecule has 0 aromatic heterocycles. The Hall–Kier alpha value is -0.730. The third kappa shape index (κ3) is 3.39. The zero-order chi connectivity index (χ0) is 12.1. The van der Waals surface area contributed by atoms with Crippen LogP contribution in [0, 0.1) is 6.92 Å². The molecule has 1 aromatic rings. The Morgan fingerprint density at radius 3 is 2.50 bits per heavy atom. The Bertz CT molecular complexity index is 348. The molecule has 1 aromatic carbocycles. The third-order valence-corrected chi connectivity index (χ3v) is 3.13. The normalized spacial score (nSPS) is 11.1. The highest BCUT2D eigenvalue weighted by Gasteiger charge is 2.08. The van der Waals surface area contributed by atoms with Crippen molar-refractivity contribution in [1.29, 1.82) is 0 Å². The van der Waals surface area contributed by atoms with E-state index in [-0.39, 0.29) is 0 Å². The molecule has 0 fully saturated rings. The number of phenolic OH excluding ortho intramolecular Hbond substituents is 1. The van der Waals surface area contributed by atoms with Crippen LogP contribution < -0.4 is 5.32 Å². The summed E-state index contributed by atoms with van der Waals surface area (Å²) >= 11 is 5.97. The van der Waals surface area contributed by atoms with Gasteiger partial charge in [-0.1, -0.05) is 25.4 Å². The lowest BCUT2D eigenvalue weighted by Gasteiger charge is -2.16. The second kappa shape index (κ2) is 6.12. The number of aromatic hydroxyl groups is 1. The number of benzene rings is 1. The lowest BCUT2D eigenvalue weighted by atomic mass is 10.1. The van der Waals surface area contributed by atoms with Crippen LogP contribution in [-0.4, -0.2) is 11.1 Å². The highest BCUT2D eigenvalue weighted by atomic mass is 35.5. The van der Waals surface area contributed by atoms with Gasteiger partial charge in [0.1, 0.15) is 5.75 Å².